The van der Waals surface area contributed by atoms with Crippen LogP contribution in [0.3, 0.4) is 0 Å². The molecule has 1 amide bonds. The van der Waals surface area contributed by atoms with Crippen molar-refractivity contribution in [2.75, 3.05) is 7.05 Å². The fourth-order valence-corrected chi connectivity index (χ4v) is 0.817. The Bertz CT molecular complexity index is 294. The van der Waals surface area contributed by atoms with Crippen LogP contribution in [-0.4, -0.2) is 29.1 Å². The molecule has 0 saturated heterocycles. The van der Waals surface area contributed by atoms with Crippen LogP contribution in [-0.2, 0) is 6.42 Å². The molecule has 0 saturated carbocycles. The highest BCUT2D eigenvalue weighted by molar-refractivity contribution is 5.89. The van der Waals surface area contributed by atoms with Gasteiger partial charge < -0.3 is 15.6 Å². The third kappa shape index (κ3) is 2.51. The van der Waals surface area contributed by atoms with E-state index in [-0.39, 0.29) is 17.8 Å². The zero-order chi connectivity index (χ0) is 9.84. The molecule has 1 unspecified atom stereocenters. The Kier molecular flexibility index (Phi) is 2.97. The predicted octanol–water partition coefficient (Wildman–Crippen LogP) is -0.681. The third-order valence-electron chi connectivity index (χ3n) is 1.39. The lowest BCUT2D eigenvalue weighted by Crippen LogP contribution is -2.20. The Labute approximate surface area is 75.5 Å². The van der Waals surface area contributed by atoms with Crippen molar-refractivity contribution in [2.24, 2.45) is 5.73 Å². The summed E-state index contributed by atoms with van der Waals surface area (Å²) in [7, 11) is 1.50. The van der Waals surface area contributed by atoms with Gasteiger partial charge in [-0.05, 0) is 6.92 Å². The molecule has 0 fully saturated rings. The summed E-state index contributed by atoms with van der Waals surface area (Å²) >= 11 is 0. The summed E-state index contributed by atoms with van der Waals surface area (Å²) in [5, 5.41) is 5.88. The van der Waals surface area contributed by atoms with E-state index in [4.69, 9.17) is 10.3 Å². The largest absolute Gasteiger partial charge is 0.352 e. The van der Waals surface area contributed by atoms with Gasteiger partial charge in [0.25, 0.3) is 11.7 Å². The van der Waals surface area contributed by atoms with E-state index in [1.807, 2.05) is 6.92 Å². The van der Waals surface area contributed by atoms with Gasteiger partial charge in [-0.1, -0.05) is 5.16 Å². The van der Waals surface area contributed by atoms with Crippen molar-refractivity contribution >= 4 is 5.91 Å². The molecule has 72 valence electrons. The fraction of sp³-hybridized carbons (Fsp3) is 0.571. The van der Waals surface area contributed by atoms with E-state index in [1.165, 1.54) is 7.05 Å². The molecule has 1 atom stereocenters. The first kappa shape index (κ1) is 9.66. The minimum atomic E-state index is -0.361. The first-order valence-electron chi connectivity index (χ1n) is 3.93. The average Bonchev–Trinajstić information content (AvgIpc) is 2.50. The van der Waals surface area contributed by atoms with Crippen LogP contribution in [0.4, 0.5) is 0 Å². The van der Waals surface area contributed by atoms with Crippen molar-refractivity contribution in [1.29, 1.82) is 0 Å². The van der Waals surface area contributed by atoms with E-state index in [0.29, 0.717) is 12.3 Å². The average molecular weight is 184 g/mol. The zero-order valence-corrected chi connectivity index (χ0v) is 7.57. The Morgan fingerprint density at radius 2 is 2.46 bits per heavy atom. The number of nitrogens with zero attached hydrogens (tertiary/aromatic N) is 2. The maximum atomic E-state index is 11.0. The highest BCUT2D eigenvalue weighted by Gasteiger charge is 2.13. The second-order valence-corrected chi connectivity index (χ2v) is 2.77. The van der Waals surface area contributed by atoms with Crippen LogP contribution in [0.15, 0.2) is 4.52 Å². The van der Waals surface area contributed by atoms with Gasteiger partial charge in [0.15, 0.2) is 0 Å². The Balaban J connectivity index is 2.69. The Morgan fingerprint density at radius 1 is 1.77 bits per heavy atom. The van der Waals surface area contributed by atoms with Gasteiger partial charge in [0.2, 0.25) is 5.89 Å². The van der Waals surface area contributed by atoms with Crippen molar-refractivity contribution in [1.82, 2.24) is 15.5 Å². The second-order valence-electron chi connectivity index (χ2n) is 2.77. The number of nitrogens with one attached hydrogen (secondary N) is 1. The Hall–Kier alpha value is -1.43. The topological polar surface area (TPSA) is 94.0 Å². The highest BCUT2D eigenvalue weighted by Crippen LogP contribution is 1.99. The van der Waals surface area contributed by atoms with Crippen molar-refractivity contribution in [3.8, 4) is 0 Å². The molecule has 0 aliphatic carbocycles. The molecular formula is C7H12N4O2. The summed E-state index contributed by atoms with van der Waals surface area (Å²) in [4.78, 5) is 14.8. The van der Waals surface area contributed by atoms with Gasteiger partial charge in [-0.25, -0.2) is 0 Å². The molecule has 6 heteroatoms. The summed E-state index contributed by atoms with van der Waals surface area (Å²) < 4.78 is 4.80. The summed E-state index contributed by atoms with van der Waals surface area (Å²) in [5.41, 5.74) is 5.51. The van der Waals surface area contributed by atoms with E-state index >= 15 is 0 Å². The number of aromatic nitrogens is 2. The second kappa shape index (κ2) is 3.99. The molecule has 1 aromatic rings. The van der Waals surface area contributed by atoms with Gasteiger partial charge in [0.1, 0.15) is 0 Å². The number of rotatable bonds is 3. The van der Waals surface area contributed by atoms with Crippen LogP contribution in [0.5, 0.6) is 0 Å². The molecule has 0 aromatic carbocycles. The van der Waals surface area contributed by atoms with Crippen LogP contribution >= 0.6 is 0 Å². The van der Waals surface area contributed by atoms with Crippen molar-refractivity contribution in [3.05, 3.63) is 11.7 Å². The maximum Gasteiger partial charge on any atom is 0.292 e. The van der Waals surface area contributed by atoms with E-state index < -0.39 is 0 Å². The number of amides is 1. The summed E-state index contributed by atoms with van der Waals surface area (Å²) in [6.07, 6.45) is 0.476. The molecule has 0 aliphatic rings. The fourth-order valence-electron chi connectivity index (χ4n) is 0.817. The van der Waals surface area contributed by atoms with Gasteiger partial charge in [-0.2, -0.15) is 4.98 Å². The lowest BCUT2D eigenvalue weighted by Gasteiger charge is -1.96. The monoisotopic (exact) mass is 184 g/mol. The van der Waals surface area contributed by atoms with Crippen molar-refractivity contribution < 1.29 is 9.32 Å². The van der Waals surface area contributed by atoms with Gasteiger partial charge in [-0.3, -0.25) is 4.79 Å². The summed E-state index contributed by atoms with van der Waals surface area (Å²) in [6.45, 7) is 1.82. The Morgan fingerprint density at radius 3 is 3.00 bits per heavy atom. The molecule has 1 heterocycles. The van der Waals surface area contributed by atoms with Gasteiger partial charge in [-0.15, -0.1) is 0 Å². The molecule has 1 aromatic heterocycles. The first-order chi connectivity index (χ1) is 6.13. The van der Waals surface area contributed by atoms with Gasteiger partial charge in [0.05, 0.1) is 0 Å². The van der Waals surface area contributed by atoms with Gasteiger partial charge >= 0.3 is 0 Å². The number of carbonyl (C=O) groups is 1. The quantitative estimate of drug-likeness (QED) is 0.649. The minimum Gasteiger partial charge on any atom is -0.352 e. The predicted molar refractivity (Wildman–Crippen MR) is 45.0 cm³/mol. The molecule has 3 N–H and O–H groups in total. The number of nitrogens with two attached hydrogens (primary N) is 1. The molecule has 13 heavy (non-hydrogen) atoms. The number of hydrogen-bond donors (Lipinski definition) is 2. The van der Waals surface area contributed by atoms with Crippen molar-refractivity contribution in [3.63, 3.8) is 0 Å². The van der Waals surface area contributed by atoms with Crippen LogP contribution in [0.25, 0.3) is 0 Å². The number of carbonyl (C=O) groups excluding carboxylic acids is 1. The highest BCUT2D eigenvalue weighted by atomic mass is 16.5. The summed E-state index contributed by atoms with van der Waals surface area (Å²) in [5.74, 6) is 0.0615. The van der Waals surface area contributed by atoms with Gasteiger partial charge in [0, 0.05) is 19.5 Å². The molecule has 0 aliphatic heterocycles. The van der Waals surface area contributed by atoms with E-state index in [1.54, 1.807) is 0 Å². The zero-order valence-electron chi connectivity index (χ0n) is 7.57. The maximum absolute atomic E-state index is 11.0. The van der Waals surface area contributed by atoms with Crippen LogP contribution < -0.4 is 11.1 Å². The van der Waals surface area contributed by atoms with Crippen molar-refractivity contribution in [2.45, 2.75) is 19.4 Å². The lowest BCUT2D eigenvalue weighted by molar-refractivity contribution is 0.0950. The SMILES string of the molecule is CNC(=O)c1noc(CC(C)N)n1. The van der Waals surface area contributed by atoms with Crippen LogP contribution in [0.1, 0.15) is 23.4 Å². The molecular weight excluding hydrogens is 172 g/mol. The molecule has 1 rings (SSSR count). The van der Waals surface area contributed by atoms with Crippen LogP contribution in [0, 0.1) is 0 Å². The van der Waals surface area contributed by atoms with E-state index in [2.05, 4.69) is 15.5 Å². The van der Waals surface area contributed by atoms with Crippen LogP contribution in [0.2, 0.25) is 0 Å². The molecule has 0 radical (unpaired) electrons. The molecule has 0 bridgehead atoms. The normalized spacial score (nSPS) is 12.5. The first-order valence-corrected chi connectivity index (χ1v) is 3.93. The third-order valence-corrected chi connectivity index (χ3v) is 1.39. The number of hydrogen-bond acceptors (Lipinski definition) is 5. The summed E-state index contributed by atoms with van der Waals surface area (Å²) in [6, 6.07) is -0.0574. The minimum absolute atomic E-state index is 0.0400. The van der Waals surface area contributed by atoms with E-state index in [9.17, 15) is 4.79 Å². The van der Waals surface area contributed by atoms with E-state index in [0.717, 1.165) is 0 Å². The smallest absolute Gasteiger partial charge is 0.292 e. The molecule has 6 nitrogen and oxygen atoms in total. The molecule has 0 spiro atoms. The lowest BCUT2D eigenvalue weighted by atomic mass is 10.2. The standard InChI is InChI=1S/C7H12N4O2/c1-4(8)3-5-10-6(11-13-5)7(12)9-2/h4H,3,8H2,1-2H3,(H,9,12).